The second kappa shape index (κ2) is 4.25. The zero-order valence-corrected chi connectivity index (χ0v) is 8.75. The number of aldehydes is 1. The number of rotatable bonds is 2. The molecule has 1 heterocycles. The lowest BCUT2D eigenvalue weighted by Crippen LogP contribution is -2.09. The van der Waals surface area contributed by atoms with Crippen LogP contribution in [0.4, 0.5) is 17.6 Å². The highest BCUT2D eigenvalue weighted by atomic mass is 19.4. The van der Waals surface area contributed by atoms with E-state index in [9.17, 15) is 22.4 Å². The summed E-state index contributed by atoms with van der Waals surface area (Å²) in [6.45, 7) is 0. The number of halogens is 4. The molecule has 1 N–H and O–H groups in total. The highest BCUT2D eigenvalue weighted by Crippen LogP contribution is 2.37. The molecule has 0 saturated heterocycles. The molecule has 18 heavy (non-hydrogen) atoms. The van der Waals surface area contributed by atoms with E-state index in [4.69, 9.17) is 0 Å². The molecule has 0 atom stereocenters. The Morgan fingerprint density at radius 3 is 2.56 bits per heavy atom. The SMILES string of the molecule is O=Cc1cnc(-c2c(F)cccc2C(F)(F)F)[nH]1. The molecule has 0 radical (unpaired) electrons. The van der Waals surface area contributed by atoms with Gasteiger partial charge >= 0.3 is 6.18 Å². The monoisotopic (exact) mass is 258 g/mol. The third kappa shape index (κ3) is 2.11. The molecule has 0 bridgehead atoms. The topological polar surface area (TPSA) is 45.8 Å². The Labute approximate surface area is 98.5 Å². The lowest BCUT2D eigenvalue weighted by Gasteiger charge is -2.11. The first kappa shape index (κ1) is 12.3. The summed E-state index contributed by atoms with van der Waals surface area (Å²) in [5, 5.41) is 0. The number of hydrogen-bond donors (Lipinski definition) is 1. The molecule has 0 unspecified atom stereocenters. The van der Waals surface area contributed by atoms with E-state index in [1.54, 1.807) is 0 Å². The first-order valence-electron chi connectivity index (χ1n) is 4.79. The summed E-state index contributed by atoms with van der Waals surface area (Å²) in [6, 6.07) is 2.61. The molecule has 2 aromatic rings. The second-order valence-electron chi connectivity index (χ2n) is 3.47. The normalized spacial score (nSPS) is 11.6. The molecule has 0 saturated carbocycles. The number of nitrogens with zero attached hydrogens (tertiary/aromatic N) is 1. The maximum Gasteiger partial charge on any atom is 0.417 e. The van der Waals surface area contributed by atoms with E-state index in [1.807, 2.05) is 0 Å². The first-order valence-corrected chi connectivity index (χ1v) is 4.79. The van der Waals surface area contributed by atoms with Gasteiger partial charge in [-0.3, -0.25) is 4.79 Å². The molecule has 0 aliphatic heterocycles. The number of benzene rings is 1. The summed E-state index contributed by atoms with van der Waals surface area (Å²) >= 11 is 0. The molecule has 7 heteroatoms. The van der Waals surface area contributed by atoms with Gasteiger partial charge in [-0.15, -0.1) is 0 Å². The minimum absolute atomic E-state index is 0.0265. The number of hydrogen-bond acceptors (Lipinski definition) is 2. The van der Waals surface area contributed by atoms with Gasteiger partial charge in [-0.2, -0.15) is 13.2 Å². The van der Waals surface area contributed by atoms with Gasteiger partial charge < -0.3 is 4.98 Å². The van der Waals surface area contributed by atoms with Crippen molar-refractivity contribution in [1.29, 1.82) is 0 Å². The van der Waals surface area contributed by atoms with Crippen LogP contribution in [0.25, 0.3) is 11.4 Å². The van der Waals surface area contributed by atoms with E-state index in [2.05, 4.69) is 9.97 Å². The van der Waals surface area contributed by atoms with Crippen molar-refractivity contribution in [3.8, 4) is 11.4 Å². The summed E-state index contributed by atoms with van der Waals surface area (Å²) in [4.78, 5) is 16.3. The van der Waals surface area contributed by atoms with Crippen LogP contribution < -0.4 is 0 Å². The summed E-state index contributed by atoms with van der Waals surface area (Å²) in [5.74, 6) is -1.39. The molecule has 0 spiro atoms. The van der Waals surface area contributed by atoms with Gasteiger partial charge in [-0.05, 0) is 12.1 Å². The minimum Gasteiger partial charge on any atom is -0.336 e. The Morgan fingerprint density at radius 1 is 1.28 bits per heavy atom. The fourth-order valence-corrected chi connectivity index (χ4v) is 1.52. The van der Waals surface area contributed by atoms with Crippen LogP contribution in [-0.2, 0) is 6.18 Å². The minimum atomic E-state index is -4.70. The van der Waals surface area contributed by atoms with Crippen LogP contribution in [0.1, 0.15) is 16.1 Å². The Bertz CT molecular complexity index is 589. The molecule has 0 fully saturated rings. The number of imidazole rings is 1. The summed E-state index contributed by atoms with van der Waals surface area (Å²) in [6.07, 6.45) is -3.29. The predicted molar refractivity (Wildman–Crippen MR) is 54.4 cm³/mol. The van der Waals surface area contributed by atoms with Gasteiger partial charge in [0, 0.05) is 0 Å². The van der Waals surface area contributed by atoms with Gasteiger partial charge in [0.2, 0.25) is 0 Å². The van der Waals surface area contributed by atoms with Crippen LogP contribution in [0.3, 0.4) is 0 Å². The Hall–Kier alpha value is -2.18. The smallest absolute Gasteiger partial charge is 0.336 e. The van der Waals surface area contributed by atoms with Crippen molar-refractivity contribution in [2.45, 2.75) is 6.18 Å². The lowest BCUT2D eigenvalue weighted by molar-refractivity contribution is -0.137. The highest BCUT2D eigenvalue weighted by molar-refractivity contribution is 5.74. The predicted octanol–water partition coefficient (Wildman–Crippen LogP) is 3.05. The molecular weight excluding hydrogens is 252 g/mol. The van der Waals surface area contributed by atoms with Crippen LogP contribution in [0.2, 0.25) is 0 Å². The Morgan fingerprint density at radius 2 is 2.00 bits per heavy atom. The quantitative estimate of drug-likeness (QED) is 0.664. The lowest BCUT2D eigenvalue weighted by atomic mass is 10.1. The molecule has 2 rings (SSSR count). The fourth-order valence-electron chi connectivity index (χ4n) is 1.52. The average Bonchev–Trinajstić information content (AvgIpc) is 2.75. The first-order chi connectivity index (χ1) is 8.43. The zero-order chi connectivity index (χ0) is 13.3. The van der Waals surface area contributed by atoms with Gasteiger partial charge in [0.25, 0.3) is 0 Å². The number of carbonyl (C=O) groups is 1. The van der Waals surface area contributed by atoms with Crippen LogP contribution in [0.15, 0.2) is 24.4 Å². The number of nitrogens with one attached hydrogen (secondary N) is 1. The van der Waals surface area contributed by atoms with Crippen LogP contribution >= 0.6 is 0 Å². The van der Waals surface area contributed by atoms with E-state index in [-0.39, 0.29) is 11.5 Å². The third-order valence-electron chi connectivity index (χ3n) is 2.28. The fraction of sp³-hybridized carbons (Fsp3) is 0.0909. The third-order valence-corrected chi connectivity index (χ3v) is 2.28. The van der Waals surface area contributed by atoms with Gasteiger partial charge in [-0.1, -0.05) is 6.07 Å². The van der Waals surface area contributed by atoms with Crippen molar-refractivity contribution in [3.05, 3.63) is 41.5 Å². The molecule has 1 aromatic heterocycles. The van der Waals surface area contributed by atoms with Crippen LogP contribution in [0, 0.1) is 5.82 Å². The molecule has 1 aromatic carbocycles. The summed E-state index contributed by atoms with van der Waals surface area (Å²) in [7, 11) is 0. The molecule has 0 amide bonds. The molecule has 94 valence electrons. The van der Waals surface area contributed by atoms with Gasteiger partial charge in [0.05, 0.1) is 23.0 Å². The van der Waals surface area contributed by atoms with E-state index in [0.29, 0.717) is 6.29 Å². The van der Waals surface area contributed by atoms with Crippen molar-refractivity contribution in [2.24, 2.45) is 0 Å². The van der Waals surface area contributed by atoms with E-state index < -0.39 is 23.1 Å². The van der Waals surface area contributed by atoms with Crippen LogP contribution in [-0.4, -0.2) is 16.3 Å². The second-order valence-corrected chi connectivity index (χ2v) is 3.47. The standard InChI is InChI=1S/C11H6F4N2O/c12-8-3-1-2-7(11(13,14)15)9(8)10-16-4-6(5-18)17-10/h1-5H,(H,16,17). The number of aromatic nitrogens is 2. The summed E-state index contributed by atoms with van der Waals surface area (Å²) in [5.41, 5.74) is -1.87. The Balaban J connectivity index is 2.65. The van der Waals surface area contributed by atoms with E-state index in [1.165, 1.54) is 0 Å². The maximum absolute atomic E-state index is 13.5. The van der Waals surface area contributed by atoms with Crippen molar-refractivity contribution in [3.63, 3.8) is 0 Å². The molecule has 3 nitrogen and oxygen atoms in total. The van der Waals surface area contributed by atoms with Crippen molar-refractivity contribution in [1.82, 2.24) is 9.97 Å². The highest BCUT2D eigenvalue weighted by Gasteiger charge is 2.35. The van der Waals surface area contributed by atoms with Gasteiger partial charge in [0.1, 0.15) is 11.6 Å². The number of H-pyrrole nitrogens is 1. The van der Waals surface area contributed by atoms with Gasteiger partial charge in [0.15, 0.2) is 6.29 Å². The van der Waals surface area contributed by atoms with Crippen LogP contribution in [0.5, 0.6) is 0 Å². The Kier molecular flexibility index (Phi) is 2.90. The maximum atomic E-state index is 13.5. The largest absolute Gasteiger partial charge is 0.417 e. The van der Waals surface area contributed by atoms with Gasteiger partial charge in [-0.25, -0.2) is 9.37 Å². The molecule has 0 aliphatic carbocycles. The summed E-state index contributed by atoms with van der Waals surface area (Å²) < 4.78 is 51.7. The van der Waals surface area contributed by atoms with Crippen molar-refractivity contribution >= 4 is 6.29 Å². The number of carbonyl (C=O) groups excluding carboxylic acids is 1. The van der Waals surface area contributed by atoms with E-state index in [0.717, 1.165) is 24.4 Å². The molecule has 0 aliphatic rings. The van der Waals surface area contributed by atoms with Crippen molar-refractivity contribution in [2.75, 3.05) is 0 Å². The zero-order valence-electron chi connectivity index (χ0n) is 8.75. The van der Waals surface area contributed by atoms with Crippen molar-refractivity contribution < 1.29 is 22.4 Å². The number of alkyl halides is 3. The molecular formula is C11H6F4N2O. The average molecular weight is 258 g/mol. The van der Waals surface area contributed by atoms with E-state index >= 15 is 0 Å². The number of aromatic amines is 1.